The first-order chi connectivity index (χ1) is 9.79. The van der Waals surface area contributed by atoms with E-state index in [1.54, 1.807) is 0 Å². The Morgan fingerprint density at radius 1 is 1.05 bits per heavy atom. The second-order valence-electron chi connectivity index (χ2n) is 4.15. The van der Waals surface area contributed by atoms with Crippen molar-refractivity contribution in [1.82, 2.24) is 0 Å². The first kappa shape index (κ1) is 14.3. The summed E-state index contributed by atoms with van der Waals surface area (Å²) in [6, 6.07) is 4.15. The fourth-order valence-corrected chi connectivity index (χ4v) is 1.75. The topological polar surface area (TPSA) is 121 Å². The fourth-order valence-electron chi connectivity index (χ4n) is 1.75. The average molecular weight is 293 g/mol. The molecule has 0 saturated carbocycles. The van der Waals surface area contributed by atoms with Crippen molar-refractivity contribution in [2.45, 2.75) is 0 Å². The lowest BCUT2D eigenvalue weighted by Crippen LogP contribution is -2.03. The first-order valence-corrected chi connectivity index (χ1v) is 5.54. The van der Waals surface area contributed by atoms with Gasteiger partial charge in [-0.3, -0.25) is 14.9 Å². The number of halogens is 1. The molecule has 0 aliphatic rings. The summed E-state index contributed by atoms with van der Waals surface area (Å²) in [4.78, 5) is 21.8. The van der Waals surface area contributed by atoms with Crippen LogP contribution in [-0.4, -0.2) is 26.0 Å². The summed E-state index contributed by atoms with van der Waals surface area (Å²) in [5, 5.41) is 38.7. The van der Waals surface area contributed by atoms with Crippen LogP contribution in [0.1, 0.15) is 15.9 Å². The summed E-state index contributed by atoms with van der Waals surface area (Å²) in [6.45, 7) is 0. The van der Waals surface area contributed by atoms with Crippen LogP contribution in [0.4, 0.5) is 10.1 Å². The van der Waals surface area contributed by atoms with Gasteiger partial charge in [-0.2, -0.15) is 0 Å². The number of carbonyl (C=O) groups excluding carboxylic acids is 1. The van der Waals surface area contributed by atoms with E-state index < -0.39 is 39.5 Å². The zero-order valence-electron chi connectivity index (χ0n) is 10.3. The van der Waals surface area contributed by atoms with Gasteiger partial charge in [0.1, 0.15) is 11.6 Å². The van der Waals surface area contributed by atoms with Crippen LogP contribution in [-0.2, 0) is 0 Å². The molecule has 108 valence electrons. The molecule has 0 aromatic heterocycles. The van der Waals surface area contributed by atoms with Crippen molar-refractivity contribution < 1.29 is 29.4 Å². The van der Waals surface area contributed by atoms with E-state index in [0.717, 1.165) is 30.3 Å². The number of phenolic OH excluding ortho intramolecular Hbond substituents is 3. The first-order valence-electron chi connectivity index (χ1n) is 5.54. The molecule has 2 aromatic carbocycles. The van der Waals surface area contributed by atoms with Gasteiger partial charge in [-0.05, 0) is 18.2 Å². The highest BCUT2D eigenvalue weighted by Crippen LogP contribution is 2.36. The number of nitro groups is 1. The monoisotopic (exact) mass is 293 g/mol. The van der Waals surface area contributed by atoms with E-state index in [9.17, 15) is 34.6 Å². The predicted molar refractivity (Wildman–Crippen MR) is 67.9 cm³/mol. The molecular weight excluding hydrogens is 285 g/mol. The average Bonchev–Trinajstić information content (AvgIpc) is 2.39. The summed E-state index contributed by atoms with van der Waals surface area (Å²) in [5.41, 5.74) is -1.45. The van der Waals surface area contributed by atoms with Gasteiger partial charge in [0.25, 0.3) is 0 Å². The Hall–Kier alpha value is -3.16. The SMILES string of the molecule is O=C(c1cc(O)cc(F)c1)c1cc(O)c(O)c([N+](=O)[O-])c1. The van der Waals surface area contributed by atoms with Crippen molar-refractivity contribution in [2.75, 3.05) is 0 Å². The molecule has 0 fully saturated rings. The second-order valence-corrected chi connectivity index (χ2v) is 4.15. The molecule has 0 heterocycles. The van der Waals surface area contributed by atoms with Gasteiger partial charge in [-0.15, -0.1) is 0 Å². The highest BCUT2D eigenvalue weighted by atomic mass is 19.1. The van der Waals surface area contributed by atoms with Gasteiger partial charge >= 0.3 is 5.69 Å². The number of hydrogen-bond donors (Lipinski definition) is 3. The van der Waals surface area contributed by atoms with E-state index in [2.05, 4.69) is 0 Å². The van der Waals surface area contributed by atoms with Crippen LogP contribution in [0.2, 0.25) is 0 Å². The predicted octanol–water partition coefficient (Wildman–Crippen LogP) is 2.08. The van der Waals surface area contributed by atoms with Gasteiger partial charge in [-0.1, -0.05) is 0 Å². The molecule has 0 atom stereocenters. The third-order valence-electron chi connectivity index (χ3n) is 2.67. The Balaban J connectivity index is 2.56. The molecule has 0 aliphatic carbocycles. The highest BCUT2D eigenvalue weighted by molar-refractivity contribution is 6.10. The van der Waals surface area contributed by atoms with Crippen LogP contribution >= 0.6 is 0 Å². The van der Waals surface area contributed by atoms with Crippen molar-refractivity contribution in [3.63, 3.8) is 0 Å². The molecule has 8 heteroatoms. The number of hydrogen-bond acceptors (Lipinski definition) is 6. The van der Waals surface area contributed by atoms with Crippen LogP contribution in [0, 0.1) is 15.9 Å². The van der Waals surface area contributed by atoms with Gasteiger partial charge in [0.05, 0.1) is 4.92 Å². The van der Waals surface area contributed by atoms with Crippen molar-refractivity contribution in [3.05, 3.63) is 57.4 Å². The lowest BCUT2D eigenvalue weighted by atomic mass is 10.0. The lowest BCUT2D eigenvalue weighted by molar-refractivity contribution is -0.386. The molecule has 0 spiro atoms. The molecular formula is C13H8FNO6. The van der Waals surface area contributed by atoms with Crippen molar-refractivity contribution in [2.24, 2.45) is 0 Å². The second kappa shape index (κ2) is 5.08. The van der Waals surface area contributed by atoms with Gasteiger partial charge in [0.2, 0.25) is 5.75 Å². The van der Waals surface area contributed by atoms with Crippen LogP contribution < -0.4 is 0 Å². The van der Waals surface area contributed by atoms with Gasteiger partial charge < -0.3 is 15.3 Å². The van der Waals surface area contributed by atoms with E-state index in [0.29, 0.717) is 0 Å². The number of benzene rings is 2. The van der Waals surface area contributed by atoms with Crippen molar-refractivity contribution in [3.8, 4) is 17.2 Å². The van der Waals surface area contributed by atoms with E-state index in [1.807, 2.05) is 0 Å². The Bertz CT molecular complexity index is 738. The maximum Gasteiger partial charge on any atom is 0.315 e. The number of nitrogens with zero attached hydrogens (tertiary/aromatic N) is 1. The summed E-state index contributed by atoms with van der Waals surface area (Å²) >= 11 is 0. The van der Waals surface area contributed by atoms with Crippen molar-refractivity contribution in [1.29, 1.82) is 0 Å². The van der Waals surface area contributed by atoms with Gasteiger partial charge in [0.15, 0.2) is 11.5 Å². The fraction of sp³-hybridized carbons (Fsp3) is 0. The van der Waals surface area contributed by atoms with Crippen LogP contribution in [0.15, 0.2) is 30.3 Å². The molecule has 0 aliphatic heterocycles. The molecule has 0 bridgehead atoms. The summed E-state index contributed by atoms with van der Waals surface area (Å²) < 4.78 is 13.1. The molecule has 21 heavy (non-hydrogen) atoms. The maximum absolute atomic E-state index is 13.1. The van der Waals surface area contributed by atoms with Crippen LogP contribution in [0.25, 0.3) is 0 Å². The van der Waals surface area contributed by atoms with E-state index in [4.69, 9.17) is 0 Å². The van der Waals surface area contributed by atoms with Crippen molar-refractivity contribution >= 4 is 11.5 Å². The third-order valence-corrected chi connectivity index (χ3v) is 2.67. The number of ketones is 1. The zero-order valence-corrected chi connectivity index (χ0v) is 10.3. The minimum absolute atomic E-state index is 0.258. The maximum atomic E-state index is 13.1. The lowest BCUT2D eigenvalue weighted by Gasteiger charge is -2.05. The number of phenols is 3. The molecule has 0 radical (unpaired) electrons. The molecule has 7 nitrogen and oxygen atoms in total. The Morgan fingerprint density at radius 2 is 1.67 bits per heavy atom. The normalized spacial score (nSPS) is 10.3. The van der Waals surface area contributed by atoms with Gasteiger partial charge in [0, 0.05) is 23.3 Å². The number of aromatic hydroxyl groups is 3. The van der Waals surface area contributed by atoms with Crippen LogP contribution in [0.5, 0.6) is 17.2 Å². The highest BCUT2D eigenvalue weighted by Gasteiger charge is 2.22. The summed E-state index contributed by atoms with van der Waals surface area (Å²) in [6.07, 6.45) is 0. The largest absolute Gasteiger partial charge is 0.508 e. The Labute approximate surface area is 116 Å². The third kappa shape index (κ3) is 2.73. The molecule has 2 rings (SSSR count). The molecule has 0 amide bonds. The Kier molecular flexibility index (Phi) is 3.45. The zero-order chi connectivity index (χ0) is 15.7. The molecule has 2 aromatic rings. The summed E-state index contributed by atoms with van der Waals surface area (Å²) in [5.74, 6) is -4.04. The Morgan fingerprint density at radius 3 is 2.24 bits per heavy atom. The minimum Gasteiger partial charge on any atom is -0.508 e. The molecule has 0 saturated heterocycles. The minimum atomic E-state index is -0.977. The van der Waals surface area contributed by atoms with E-state index in [1.165, 1.54) is 0 Å². The summed E-state index contributed by atoms with van der Waals surface area (Å²) in [7, 11) is 0. The number of nitro benzene ring substituents is 1. The molecule has 0 unspecified atom stereocenters. The number of rotatable bonds is 3. The standard InChI is InChI=1S/C13H8FNO6/c14-8-1-6(2-9(16)5-8)12(18)7-3-10(15(20)21)13(19)11(17)4-7/h1-5,16-17,19H. The van der Waals surface area contributed by atoms with Crippen LogP contribution in [0.3, 0.4) is 0 Å². The molecule has 3 N–H and O–H groups in total. The smallest absolute Gasteiger partial charge is 0.315 e. The van der Waals surface area contributed by atoms with E-state index >= 15 is 0 Å². The number of carbonyl (C=O) groups is 1. The quantitative estimate of drug-likeness (QED) is 0.345. The van der Waals surface area contributed by atoms with E-state index in [-0.39, 0.29) is 11.1 Å². The van der Waals surface area contributed by atoms with Gasteiger partial charge in [-0.25, -0.2) is 4.39 Å².